The van der Waals surface area contributed by atoms with Crippen LogP contribution in [0.5, 0.6) is 5.75 Å². The third-order valence-electron chi connectivity index (χ3n) is 1.97. The maximum atomic E-state index is 12.9. The number of hydrogen-bond acceptors (Lipinski definition) is 2. The van der Waals surface area contributed by atoms with Crippen LogP contribution < -0.4 is 10.1 Å². The van der Waals surface area contributed by atoms with E-state index in [1.807, 2.05) is 0 Å². The van der Waals surface area contributed by atoms with Gasteiger partial charge in [0.05, 0.1) is 0 Å². The van der Waals surface area contributed by atoms with Crippen molar-refractivity contribution in [2.75, 3.05) is 19.7 Å². The number of benzene rings is 1. The van der Waals surface area contributed by atoms with E-state index in [4.69, 9.17) is 4.74 Å². The second-order valence-electron chi connectivity index (χ2n) is 3.25. The van der Waals surface area contributed by atoms with E-state index in [9.17, 15) is 4.39 Å². The van der Waals surface area contributed by atoms with Gasteiger partial charge in [-0.2, -0.15) is 0 Å². The van der Waals surface area contributed by atoms with Gasteiger partial charge in [-0.1, -0.05) is 6.08 Å². The predicted octanol–water partition coefficient (Wildman–Crippen LogP) is 2.29. The molecule has 1 N–H and O–H groups in total. The Balaban J connectivity index is 2.31. The van der Waals surface area contributed by atoms with Gasteiger partial charge in [-0.3, -0.25) is 0 Å². The predicted molar refractivity (Wildman–Crippen MR) is 59.7 cm³/mol. The van der Waals surface area contributed by atoms with Gasteiger partial charge < -0.3 is 10.1 Å². The molecular weight excluding hydrogens is 193 g/mol. The third kappa shape index (κ3) is 4.13. The van der Waals surface area contributed by atoms with Crippen molar-refractivity contribution in [3.63, 3.8) is 0 Å². The molecule has 0 aliphatic heterocycles. The van der Waals surface area contributed by atoms with Gasteiger partial charge in [-0.05, 0) is 30.7 Å². The van der Waals surface area contributed by atoms with E-state index in [2.05, 4.69) is 11.9 Å². The van der Waals surface area contributed by atoms with Crippen LogP contribution in [0.3, 0.4) is 0 Å². The van der Waals surface area contributed by atoms with E-state index in [-0.39, 0.29) is 5.82 Å². The van der Waals surface area contributed by atoms with Crippen LogP contribution in [0.25, 0.3) is 0 Å². The molecule has 0 atom stereocenters. The van der Waals surface area contributed by atoms with Gasteiger partial charge in [0.25, 0.3) is 0 Å². The minimum Gasteiger partial charge on any atom is -0.492 e. The summed E-state index contributed by atoms with van der Waals surface area (Å²) in [7, 11) is 0. The van der Waals surface area contributed by atoms with E-state index in [0.29, 0.717) is 17.9 Å². The smallest absolute Gasteiger partial charge is 0.126 e. The lowest BCUT2D eigenvalue weighted by molar-refractivity contribution is 0.315. The van der Waals surface area contributed by atoms with Crippen LogP contribution in [0.2, 0.25) is 0 Å². The van der Waals surface area contributed by atoms with Gasteiger partial charge in [-0.15, -0.1) is 6.58 Å². The first-order chi connectivity index (χ1) is 7.24. The van der Waals surface area contributed by atoms with Crippen molar-refractivity contribution in [2.45, 2.75) is 6.92 Å². The third-order valence-corrected chi connectivity index (χ3v) is 1.97. The van der Waals surface area contributed by atoms with Gasteiger partial charge in [0.15, 0.2) is 0 Å². The molecule has 0 saturated heterocycles. The van der Waals surface area contributed by atoms with E-state index in [0.717, 1.165) is 13.1 Å². The molecule has 0 fully saturated rings. The molecule has 0 amide bonds. The van der Waals surface area contributed by atoms with Gasteiger partial charge in [0, 0.05) is 13.1 Å². The number of nitrogens with one attached hydrogen (secondary N) is 1. The topological polar surface area (TPSA) is 21.3 Å². The van der Waals surface area contributed by atoms with Crippen LogP contribution in [0.4, 0.5) is 4.39 Å². The molecule has 0 aliphatic carbocycles. The fourth-order valence-electron chi connectivity index (χ4n) is 1.15. The quantitative estimate of drug-likeness (QED) is 0.573. The zero-order valence-electron chi connectivity index (χ0n) is 8.92. The highest BCUT2D eigenvalue weighted by atomic mass is 19.1. The largest absolute Gasteiger partial charge is 0.492 e. The summed E-state index contributed by atoms with van der Waals surface area (Å²) in [6.45, 7) is 7.40. The normalized spacial score (nSPS) is 10.0. The standard InChI is InChI=1S/C12H16FNO/c1-3-6-14-7-8-15-11-4-5-12(13)10(2)9-11/h3-5,9,14H,1,6-8H2,2H3. The Labute approximate surface area is 89.8 Å². The molecule has 0 aliphatic rings. The SMILES string of the molecule is C=CCNCCOc1ccc(F)c(C)c1. The molecule has 1 rings (SSSR count). The number of halogens is 1. The van der Waals surface area contributed by atoms with E-state index in [1.165, 1.54) is 6.07 Å². The Kier molecular flexibility index (Phi) is 4.84. The van der Waals surface area contributed by atoms with Gasteiger partial charge in [-0.25, -0.2) is 4.39 Å². The molecule has 1 aromatic rings. The summed E-state index contributed by atoms with van der Waals surface area (Å²) < 4.78 is 18.3. The highest BCUT2D eigenvalue weighted by molar-refractivity contribution is 5.28. The van der Waals surface area contributed by atoms with Crippen LogP contribution in [0, 0.1) is 12.7 Å². The minimum atomic E-state index is -0.202. The molecule has 1 aromatic carbocycles. The number of aryl methyl sites for hydroxylation is 1. The molecule has 0 spiro atoms. The summed E-state index contributed by atoms with van der Waals surface area (Å²) in [5, 5.41) is 3.11. The Morgan fingerprint density at radius 2 is 2.33 bits per heavy atom. The van der Waals surface area contributed by atoms with E-state index in [1.54, 1.807) is 25.1 Å². The summed E-state index contributed by atoms with van der Waals surface area (Å²) in [6, 6.07) is 4.75. The first-order valence-corrected chi connectivity index (χ1v) is 4.94. The summed E-state index contributed by atoms with van der Waals surface area (Å²) in [5.41, 5.74) is 0.603. The van der Waals surface area contributed by atoms with Crippen molar-refractivity contribution in [1.29, 1.82) is 0 Å². The first-order valence-electron chi connectivity index (χ1n) is 4.94. The van der Waals surface area contributed by atoms with Crippen molar-refractivity contribution in [2.24, 2.45) is 0 Å². The minimum absolute atomic E-state index is 0.202. The van der Waals surface area contributed by atoms with E-state index < -0.39 is 0 Å². The molecule has 0 heterocycles. The Morgan fingerprint density at radius 1 is 1.53 bits per heavy atom. The molecule has 0 saturated carbocycles. The van der Waals surface area contributed by atoms with Gasteiger partial charge in [0.1, 0.15) is 18.2 Å². The first kappa shape index (κ1) is 11.7. The van der Waals surface area contributed by atoms with E-state index >= 15 is 0 Å². The zero-order chi connectivity index (χ0) is 11.1. The zero-order valence-corrected chi connectivity index (χ0v) is 8.92. The Hall–Kier alpha value is -1.35. The summed E-state index contributed by atoms with van der Waals surface area (Å²) >= 11 is 0. The average molecular weight is 209 g/mol. The highest BCUT2D eigenvalue weighted by Gasteiger charge is 1.98. The van der Waals surface area contributed by atoms with Crippen molar-refractivity contribution < 1.29 is 9.13 Å². The average Bonchev–Trinajstić information content (AvgIpc) is 2.23. The molecule has 0 radical (unpaired) electrons. The fraction of sp³-hybridized carbons (Fsp3) is 0.333. The molecule has 3 heteroatoms. The van der Waals surface area contributed by atoms with Crippen LogP contribution in [-0.4, -0.2) is 19.7 Å². The van der Waals surface area contributed by atoms with Crippen LogP contribution in [0.1, 0.15) is 5.56 Å². The number of hydrogen-bond donors (Lipinski definition) is 1. The van der Waals surface area contributed by atoms with Gasteiger partial charge >= 0.3 is 0 Å². The van der Waals surface area contributed by atoms with Crippen LogP contribution in [-0.2, 0) is 0 Å². The second-order valence-corrected chi connectivity index (χ2v) is 3.25. The molecule has 0 bridgehead atoms. The van der Waals surface area contributed by atoms with Gasteiger partial charge in [0.2, 0.25) is 0 Å². The van der Waals surface area contributed by atoms with Crippen molar-refractivity contribution in [3.8, 4) is 5.75 Å². The van der Waals surface area contributed by atoms with Crippen LogP contribution in [0.15, 0.2) is 30.9 Å². The van der Waals surface area contributed by atoms with Crippen molar-refractivity contribution in [1.82, 2.24) is 5.32 Å². The van der Waals surface area contributed by atoms with Crippen LogP contribution >= 0.6 is 0 Å². The number of ether oxygens (including phenoxy) is 1. The summed E-state index contributed by atoms with van der Waals surface area (Å²) in [5.74, 6) is 0.501. The lowest BCUT2D eigenvalue weighted by Gasteiger charge is -2.07. The molecule has 2 nitrogen and oxygen atoms in total. The number of rotatable bonds is 6. The monoisotopic (exact) mass is 209 g/mol. The van der Waals surface area contributed by atoms with Crippen molar-refractivity contribution in [3.05, 3.63) is 42.2 Å². The second kappa shape index (κ2) is 6.19. The summed E-state index contributed by atoms with van der Waals surface area (Å²) in [6.07, 6.45) is 1.79. The Morgan fingerprint density at radius 3 is 3.00 bits per heavy atom. The molecule has 0 unspecified atom stereocenters. The fourth-order valence-corrected chi connectivity index (χ4v) is 1.15. The molecule has 15 heavy (non-hydrogen) atoms. The Bertz CT molecular complexity index is 325. The lowest BCUT2D eigenvalue weighted by Crippen LogP contribution is -2.20. The van der Waals surface area contributed by atoms with Crippen molar-refractivity contribution >= 4 is 0 Å². The molecular formula is C12H16FNO. The lowest BCUT2D eigenvalue weighted by atomic mass is 10.2. The molecule has 0 aromatic heterocycles. The summed E-state index contributed by atoms with van der Waals surface area (Å²) in [4.78, 5) is 0. The molecule has 82 valence electrons. The maximum Gasteiger partial charge on any atom is 0.126 e. The maximum absolute atomic E-state index is 12.9. The highest BCUT2D eigenvalue weighted by Crippen LogP contribution is 2.15.